The molecule has 0 N–H and O–H groups in total. The summed E-state index contributed by atoms with van der Waals surface area (Å²) >= 11 is 4.66. The minimum atomic E-state index is -3.66. The molecule has 0 aliphatic carbocycles. The van der Waals surface area contributed by atoms with Gasteiger partial charge in [0, 0.05) is 0 Å². The Labute approximate surface area is 134 Å². The van der Waals surface area contributed by atoms with E-state index in [1.54, 1.807) is 35.2 Å². The lowest BCUT2D eigenvalue weighted by atomic mass is 10.2. The predicted molar refractivity (Wildman–Crippen MR) is 85.8 cm³/mol. The number of sulfonamides is 1. The van der Waals surface area contributed by atoms with Gasteiger partial charge in [-0.05, 0) is 40.2 Å². The molecule has 5 nitrogen and oxygen atoms in total. The Morgan fingerprint density at radius 3 is 2.71 bits per heavy atom. The molecule has 0 spiro atoms. The number of hydrogen-bond acceptors (Lipinski definition) is 5. The van der Waals surface area contributed by atoms with Gasteiger partial charge in [-0.3, -0.25) is 4.79 Å². The van der Waals surface area contributed by atoms with Gasteiger partial charge in [0.1, 0.15) is 11.2 Å². The second-order valence-corrected chi connectivity index (χ2v) is 8.38. The fourth-order valence-electron chi connectivity index (χ4n) is 1.97. The number of nitrogens with zero attached hydrogens (tertiary/aromatic N) is 2. The zero-order valence-electron chi connectivity index (χ0n) is 10.6. The number of hydrogen-bond donors (Lipinski definition) is 0. The lowest BCUT2D eigenvalue weighted by Crippen LogP contribution is -2.32. The summed E-state index contributed by atoms with van der Waals surface area (Å²) in [5.74, 6) is -0.0914. The minimum absolute atomic E-state index is 0.0446. The van der Waals surface area contributed by atoms with Crippen molar-refractivity contribution in [3.05, 3.63) is 45.1 Å². The van der Waals surface area contributed by atoms with Crippen LogP contribution in [0.2, 0.25) is 0 Å². The van der Waals surface area contributed by atoms with Crippen molar-refractivity contribution < 1.29 is 13.2 Å². The number of anilines is 1. The molecule has 0 radical (unpaired) electrons. The summed E-state index contributed by atoms with van der Waals surface area (Å²) in [5, 5.41) is 0. The van der Waals surface area contributed by atoms with Crippen LogP contribution in [-0.2, 0) is 10.0 Å². The molecule has 2 aromatic rings. The van der Waals surface area contributed by atoms with E-state index < -0.39 is 10.0 Å². The van der Waals surface area contributed by atoms with Gasteiger partial charge in [-0.25, -0.2) is 0 Å². The van der Waals surface area contributed by atoms with Gasteiger partial charge in [0.2, 0.25) is 0 Å². The van der Waals surface area contributed by atoms with Gasteiger partial charge in [-0.1, -0.05) is 12.1 Å². The average molecular weight is 385 g/mol. The summed E-state index contributed by atoms with van der Waals surface area (Å²) < 4.78 is 28.2. The fourth-order valence-corrected chi connectivity index (χ4v) is 4.34. The van der Waals surface area contributed by atoms with E-state index in [1.807, 2.05) is 0 Å². The third-order valence-electron chi connectivity index (χ3n) is 2.94. The zero-order chi connectivity index (χ0) is 15.0. The number of ketones is 1. The first-order valence-corrected chi connectivity index (χ1v) is 8.97. The first kappa shape index (κ1) is 14.4. The van der Waals surface area contributed by atoms with Crippen LogP contribution in [0.1, 0.15) is 9.67 Å². The van der Waals surface area contributed by atoms with Crippen molar-refractivity contribution in [2.75, 3.05) is 11.4 Å². The van der Waals surface area contributed by atoms with Gasteiger partial charge in [-0.15, -0.1) is 15.7 Å². The monoisotopic (exact) mass is 384 g/mol. The Morgan fingerprint density at radius 1 is 1.24 bits per heavy atom. The van der Waals surface area contributed by atoms with Crippen molar-refractivity contribution >= 4 is 55.1 Å². The molecule has 1 aliphatic rings. The number of carbonyl (C=O) groups is 1. The summed E-state index contributed by atoms with van der Waals surface area (Å²) in [4.78, 5) is 14.5. The Bertz CT molecular complexity index is 843. The molecule has 0 saturated heterocycles. The number of halogens is 1. The Kier molecular flexibility index (Phi) is 3.68. The molecule has 0 fully saturated rings. The van der Waals surface area contributed by atoms with Crippen molar-refractivity contribution in [3.63, 3.8) is 0 Å². The average Bonchev–Trinajstić information content (AvgIpc) is 2.89. The van der Waals surface area contributed by atoms with Crippen LogP contribution in [0.3, 0.4) is 0 Å². The number of carbonyl (C=O) groups excluding carboxylic acids is 1. The fraction of sp³-hybridized carbons (Fsp3) is 0.0769. The maximum atomic E-state index is 12.2. The number of fused-ring (bicyclic) bond motifs is 1. The molecule has 3 rings (SSSR count). The van der Waals surface area contributed by atoms with Gasteiger partial charge in [0.05, 0.1) is 20.9 Å². The summed E-state index contributed by atoms with van der Waals surface area (Å²) in [5.41, 5.74) is 0.469. The van der Waals surface area contributed by atoms with Crippen LogP contribution < -0.4 is 4.90 Å². The van der Waals surface area contributed by atoms with E-state index in [0.29, 0.717) is 10.6 Å². The molecule has 1 aliphatic heterocycles. The highest BCUT2D eigenvalue weighted by molar-refractivity contribution is 9.11. The topological polar surface area (TPSA) is 66.8 Å². The molecule has 2 heterocycles. The highest BCUT2D eigenvalue weighted by atomic mass is 79.9. The molecule has 0 bridgehead atoms. The summed E-state index contributed by atoms with van der Waals surface area (Å²) in [6, 6.07) is 10.1. The zero-order valence-corrected chi connectivity index (χ0v) is 13.8. The third-order valence-corrected chi connectivity index (χ3v) is 5.88. The number of para-hydroxylation sites is 1. The summed E-state index contributed by atoms with van der Waals surface area (Å²) in [6.07, 6.45) is 1.19. The third kappa shape index (κ3) is 2.78. The van der Waals surface area contributed by atoms with E-state index in [1.165, 1.54) is 23.7 Å². The molecular formula is C13H9BrN2O3S2. The van der Waals surface area contributed by atoms with Crippen LogP contribution >= 0.6 is 27.3 Å². The summed E-state index contributed by atoms with van der Waals surface area (Å²) in [7, 11) is -3.66. The molecule has 1 aromatic carbocycles. The van der Waals surface area contributed by atoms with E-state index in [0.717, 1.165) is 3.79 Å². The number of benzene rings is 1. The van der Waals surface area contributed by atoms with E-state index >= 15 is 0 Å². The summed E-state index contributed by atoms with van der Waals surface area (Å²) in [6.45, 7) is 0.0446. The van der Waals surface area contributed by atoms with Crippen LogP contribution in [0.15, 0.2) is 49.5 Å². The van der Waals surface area contributed by atoms with E-state index in [4.69, 9.17) is 0 Å². The normalized spacial score (nSPS) is 15.8. The second-order valence-electron chi connectivity index (χ2n) is 4.32. The molecule has 0 amide bonds. The van der Waals surface area contributed by atoms with Gasteiger partial charge in [0.15, 0.2) is 5.78 Å². The van der Waals surface area contributed by atoms with Crippen molar-refractivity contribution in [2.45, 2.75) is 4.90 Å². The molecule has 8 heteroatoms. The van der Waals surface area contributed by atoms with Crippen molar-refractivity contribution in [1.29, 1.82) is 0 Å². The molecule has 0 saturated carbocycles. The number of Topliss-reactive ketones (excluding diaryl/α,β-unsaturated/α-hetero) is 1. The molecule has 1 aromatic heterocycles. The van der Waals surface area contributed by atoms with Crippen LogP contribution in [0.5, 0.6) is 0 Å². The van der Waals surface area contributed by atoms with E-state index in [-0.39, 0.29) is 17.2 Å². The van der Waals surface area contributed by atoms with E-state index in [2.05, 4.69) is 20.3 Å². The lowest BCUT2D eigenvalue weighted by molar-refractivity contribution is 0.101. The highest BCUT2D eigenvalue weighted by Crippen LogP contribution is 2.30. The second kappa shape index (κ2) is 5.36. The largest absolute Gasteiger partial charge is 0.323 e. The molecule has 21 heavy (non-hydrogen) atoms. The van der Waals surface area contributed by atoms with Crippen LogP contribution in [-0.4, -0.2) is 27.1 Å². The standard InChI is InChI=1S/C13H9BrN2O3S2/c14-13-6-5-11(20-13)10(17)7-16-8-15-21(18,19)12-4-2-1-3-9(12)16/h1-6,8H,7H2. The minimum Gasteiger partial charge on any atom is -0.323 e. The Balaban J connectivity index is 1.92. The number of thiophene rings is 1. The smallest absolute Gasteiger partial charge is 0.285 e. The first-order chi connectivity index (χ1) is 9.97. The molecule has 108 valence electrons. The van der Waals surface area contributed by atoms with Crippen molar-refractivity contribution in [3.8, 4) is 0 Å². The lowest BCUT2D eigenvalue weighted by Gasteiger charge is -2.24. The first-order valence-electron chi connectivity index (χ1n) is 5.92. The maximum Gasteiger partial charge on any atom is 0.285 e. The number of rotatable bonds is 3. The van der Waals surface area contributed by atoms with E-state index in [9.17, 15) is 13.2 Å². The molecular weight excluding hydrogens is 376 g/mol. The van der Waals surface area contributed by atoms with Gasteiger partial charge < -0.3 is 4.90 Å². The van der Waals surface area contributed by atoms with Gasteiger partial charge in [0.25, 0.3) is 10.0 Å². The molecule has 0 atom stereocenters. The van der Waals surface area contributed by atoms with Crippen molar-refractivity contribution in [1.82, 2.24) is 0 Å². The predicted octanol–water partition coefficient (Wildman–Crippen LogP) is 2.93. The van der Waals surface area contributed by atoms with Crippen LogP contribution in [0.25, 0.3) is 0 Å². The Morgan fingerprint density at radius 2 is 2.00 bits per heavy atom. The van der Waals surface area contributed by atoms with Gasteiger partial charge in [-0.2, -0.15) is 8.42 Å². The highest BCUT2D eigenvalue weighted by Gasteiger charge is 2.26. The SMILES string of the molecule is O=C(CN1C=NS(=O)(=O)c2ccccc21)c1ccc(Br)s1. The quantitative estimate of drug-likeness (QED) is 0.762. The Hall–Kier alpha value is -1.51. The molecule has 0 unspecified atom stereocenters. The van der Waals surface area contributed by atoms with Crippen molar-refractivity contribution in [2.24, 2.45) is 4.40 Å². The van der Waals surface area contributed by atoms with Crippen LogP contribution in [0.4, 0.5) is 5.69 Å². The maximum absolute atomic E-state index is 12.2. The van der Waals surface area contributed by atoms with Crippen LogP contribution in [0, 0.1) is 0 Å². The van der Waals surface area contributed by atoms with Gasteiger partial charge >= 0.3 is 0 Å².